The van der Waals surface area contributed by atoms with Crippen molar-refractivity contribution >= 4 is 5.90 Å². The van der Waals surface area contributed by atoms with Gasteiger partial charge >= 0.3 is 0 Å². The quantitative estimate of drug-likeness (QED) is 0.609. The zero-order valence-electron chi connectivity index (χ0n) is 7.23. The zero-order chi connectivity index (χ0) is 8.39. The smallest absolute Gasteiger partial charge is 0.194 e. The molecule has 1 aliphatic heterocycles. The molecule has 0 saturated heterocycles. The summed E-state index contributed by atoms with van der Waals surface area (Å²) < 4.78 is 5.49. The summed E-state index contributed by atoms with van der Waals surface area (Å²) in [4.78, 5) is 4.48. The van der Waals surface area contributed by atoms with Crippen LogP contribution in [0.2, 0.25) is 0 Å². The highest BCUT2D eigenvalue weighted by Crippen LogP contribution is 2.18. The Morgan fingerprint density at radius 3 is 2.83 bits per heavy atom. The Morgan fingerprint density at radius 1 is 1.50 bits per heavy atom. The molecule has 0 N–H and O–H groups in total. The van der Waals surface area contributed by atoms with Gasteiger partial charge in [0.25, 0.3) is 0 Å². The normalized spacial score (nSPS) is 27.8. The third kappa shape index (κ3) is 1.29. The Hall–Kier alpha value is -1.05. The maximum Gasteiger partial charge on any atom is 0.194 e. The molecule has 1 atom stereocenters. The molecule has 2 aliphatic rings. The van der Waals surface area contributed by atoms with Crippen LogP contribution < -0.4 is 0 Å². The fraction of sp³-hybridized carbons (Fsp3) is 0.500. The van der Waals surface area contributed by atoms with Crippen LogP contribution in [0, 0.1) is 5.92 Å². The Morgan fingerprint density at radius 2 is 2.25 bits per heavy atom. The van der Waals surface area contributed by atoms with Crippen LogP contribution in [0.4, 0.5) is 0 Å². The van der Waals surface area contributed by atoms with E-state index in [1.165, 1.54) is 0 Å². The van der Waals surface area contributed by atoms with Crippen LogP contribution >= 0.6 is 0 Å². The van der Waals surface area contributed by atoms with E-state index in [0.29, 0.717) is 12.0 Å². The number of hydrogen-bond donors (Lipinski definition) is 0. The topological polar surface area (TPSA) is 21.6 Å². The van der Waals surface area contributed by atoms with Crippen molar-refractivity contribution in [3.05, 3.63) is 24.3 Å². The number of rotatable bonds is 2. The SMILES string of the molecule is CCC1COC(C2C=CC=C2)=N1. The summed E-state index contributed by atoms with van der Waals surface area (Å²) >= 11 is 0. The van der Waals surface area contributed by atoms with Crippen molar-refractivity contribution in [3.8, 4) is 0 Å². The Labute approximate surface area is 72.6 Å². The summed E-state index contributed by atoms with van der Waals surface area (Å²) in [5.41, 5.74) is 0. The van der Waals surface area contributed by atoms with Crippen molar-refractivity contribution in [3.63, 3.8) is 0 Å². The van der Waals surface area contributed by atoms with Gasteiger partial charge in [-0.1, -0.05) is 31.2 Å². The summed E-state index contributed by atoms with van der Waals surface area (Å²) in [5.74, 6) is 1.20. The molecule has 2 nitrogen and oxygen atoms in total. The Bertz CT molecular complexity index is 241. The molecule has 0 radical (unpaired) electrons. The molecule has 1 aliphatic carbocycles. The fourth-order valence-electron chi connectivity index (χ4n) is 1.42. The minimum Gasteiger partial charge on any atom is -0.478 e. The van der Waals surface area contributed by atoms with Gasteiger partial charge in [-0.25, -0.2) is 4.99 Å². The fourth-order valence-corrected chi connectivity index (χ4v) is 1.42. The van der Waals surface area contributed by atoms with Gasteiger partial charge in [0.2, 0.25) is 0 Å². The standard InChI is InChI=1S/C10H13NO/c1-2-9-7-12-10(11-9)8-5-3-4-6-8/h3-6,8-9H,2,7H2,1H3. The van der Waals surface area contributed by atoms with Gasteiger partial charge in [-0.05, 0) is 6.42 Å². The van der Waals surface area contributed by atoms with E-state index in [2.05, 4.69) is 24.1 Å². The van der Waals surface area contributed by atoms with E-state index in [0.717, 1.165) is 18.9 Å². The number of aliphatic imine (C=N–C) groups is 1. The van der Waals surface area contributed by atoms with Crippen LogP contribution in [0.5, 0.6) is 0 Å². The van der Waals surface area contributed by atoms with Crippen LogP contribution in [0.3, 0.4) is 0 Å². The van der Waals surface area contributed by atoms with Crippen LogP contribution in [0.25, 0.3) is 0 Å². The van der Waals surface area contributed by atoms with Gasteiger partial charge in [0.1, 0.15) is 6.61 Å². The molecule has 0 amide bonds. The van der Waals surface area contributed by atoms with Crippen molar-refractivity contribution < 1.29 is 4.74 Å². The number of hydrogen-bond acceptors (Lipinski definition) is 2. The van der Waals surface area contributed by atoms with Crippen LogP contribution in [-0.2, 0) is 4.74 Å². The maximum atomic E-state index is 5.49. The molecule has 0 aromatic rings. The molecule has 0 bridgehead atoms. The molecule has 0 saturated carbocycles. The Balaban J connectivity index is 2.05. The van der Waals surface area contributed by atoms with Crippen molar-refractivity contribution in [2.24, 2.45) is 10.9 Å². The summed E-state index contributed by atoms with van der Waals surface area (Å²) in [7, 11) is 0. The lowest BCUT2D eigenvalue weighted by Crippen LogP contribution is -2.08. The van der Waals surface area contributed by atoms with Gasteiger partial charge in [0.15, 0.2) is 5.90 Å². The third-order valence-corrected chi connectivity index (χ3v) is 2.24. The highest BCUT2D eigenvalue weighted by Gasteiger charge is 2.22. The predicted octanol–water partition coefficient (Wildman–Crippen LogP) is 1.94. The summed E-state index contributed by atoms with van der Waals surface area (Å²) in [6.45, 7) is 2.91. The molecular weight excluding hydrogens is 150 g/mol. The second kappa shape index (κ2) is 3.13. The van der Waals surface area contributed by atoms with Gasteiger partial charge in [0, 0.05) is 0 Å². The largest absolute Gasteiger partial charge is 0.478 e. The molecular formula is C10H13NO. The lowest BCUT2D eigenvalue weighted by molar-refractivity contribution is 0.305. The Kier molecular flexibility index (Phi) is 1.98. The second-order valence-electron chi connectivity index (χ2n) is 3.14. The predicted molar refractivity (Wildman–Crippen MR) is 49.2 cm³/mol. The first kappa shape index (κ1) is 7.59. The molecule has 0 fully saturated rings. The zero-order valence-corrected chi connectivity index (χ0v) is 7.23. The van der Waals surface area contributed by atoms with Gasteiger partial charge < -0.3 is 4.74 Å². The number of nitrogens with zero attached hydrogens (tertiary/aromatic N) is 1. The number of allylic oxidation sites excluding steroid dienone is 2. The summed E-state index contributed by atoms with van der Waals surface area (Å²) in [6.07, 6.45) is 9.36. The van der Waals surface area contributed by atoms with Gasteiger partial charge in [-0.3, -0.25) is 0 Å². The van der Waals surface area contributed by atoms with Crippen LogP contribution in [0.15, 0.2) is 29.3 Å². The molecule has 0 aromatic heterocycles. The van der Waals surface area contributed by atoms with Crippen molar-refractivity contribution in [1.29, 1.82) is 0 Å². The monoisotopic (exact) mass is 163 g/mol. The maximum absolute atomic E-state index is 5.49. The first-order chi connectivity index (χ1) is 5.90. The molecule has 1 unspecified atom stereocenters. The van der Waals surface area contributed by atoms with Gasteiger partial charge in [-0.15, -0.1) is 0 Å². The van der Waals surface area contributed by atoms with Crippen molar-refractivity contribution in [2.75, 3.05) is 6.61 Å². The van der Waals surface area contributed by atoms with Crippen molar-refractivity contribution in [2.45, 2.75) is 19.4 Å². The van der Waals surface area contributed by atoms with E-state index in [1.807, 2.05) is 12.2 Å². The summed E-state index contributed by atoms with van der Waals surface area (Å²) in [5, 5.41) is 0. The average Bonchev–Trinajstić information content (AvgIpc) is 2.75. The highest BCUT2D eigenvalue weighted by molar-refractivity contribution is 5.84. The van der Waals surface area contributed by atoms with Gasteiger partial charge in [0.05, 0.1) is 12.0 Å². The van der Waals surface area contributed by atoms with E-state index in [4.69, 9.17) is 4.74 Å². The molecule has 0 spiro atoms. The first-order valence-electron chi connectivity index (χ1n) is 4.45. The number of ether oxygens (including phenoxy) is 1. The highest BCUT2D eigenvalue weighted by atomic mass is 16.5. The van der Waals surface area contributed by atoms with E-state index in [1.54, 1.807) is 0 Å². The van der Waals surface area contributed by atoms with Gasteiger partial charge in [-0.2, -0.15) is 0 Å². The lowest BCUT2D eigenvalue weighted by atomic mass is 10.2. The third-order valence-electron chi connectivity index (χ3n) is 2.24. The van der Waals surface area contributed by atoms with Crippen molar-refractivity contribution in [1.82, 2.24) is 0 Å². The molecule has 64 valence electrons. The molecule has 1 heterocycles. The van der Waals surface area contributed by atoms with E-state index < -0.39 is 0 Å². The van der Waals surface area contributed by atoms with E-state index in [9.17, 15) is 0 Å². The van der Waals surface area contributed by atoms with E-state index in [-0.39, 0.29) is 0 Å². The summed E-state index contributed by atoms with van der Waals surface area (Å²) in [6, 6.07) is 0.391. The minimum atomic E-state index is 0.307. The molecule has 2 rings (SSSR count). The molecule has 12 heavy (non-hydrogen) atoms. The van der Waals surface area contributed by atoms with Crippen LogP contribution in [0.1, 0.15) is 13.3 Å². The second-order valence-corrected chi connectivity index (χ2v) is 3.14. The van der Waals surface area contributed by atoms with E-state index >= 15 is 0 Å². The average molecular weight is 163 g/mol. The first-order valence-corrected chi connectivity index (χ1v) is 4.45. The molecule has 2 heteroatoms. The lowest BCUT2D eigenvalue weighted by Gasteiger charge is -2.03. The van der Waals surface area contributed by atoms with Crippen LogP contribution in [-0.4, -0.2) is 18.5 Å². The minimum absolute atomic E-state index is 0.307. The molecule has 0 aromatic carbocycles.